The number of hydrogen-bond donors (Lipinski definition) is 2. The Kier molecular flexibility index (Phi) is 6.51. The van der Waals surface area contributed by atoms with E-state index in [1.807, 2.05) is 0 Å². The minimum atomic E-state index is -1.09. The standard InChI is InChI=1S/C10H16N2O5S/c13-8(11-5-10(15)16)6-18-7-9(14)12-1-3-17-4-2-12/h1-7H2,(H,11,13)(H,15,16). The van der Waals surface area contributed by atoms with Crippen molar-refractivity contribution >= 4 is 29.5 Å². The van der Waals surface area contributed by atoms with Gasteiger partial charge in [0.15, 0.2) is 0 Å². The Balaban J connectivity index is 2.10. The van der Waals surface area contributed by atoms with Crippen LogP contribution in [0.3, 0.4) is 0 Å². The Bertz CT molecular complexity index is 317. The van der Waals surface area contributed by atoms with E-state index in [-0.39, 0.29) is 23.3 Å². The molecule has 0 aromatic carbocycles. The van der Waals surface area contributed by atoms with Crippen molar-refractivity contribution in [2.24, 2.45) is 0 Å². The highest BCUT2D eigenvalue weighted by Crippen LogP contribution is 2.04. The Labute approximate surface area is 109 Å². The number of hydrogen-bond acceptors (Lipinski definition) is 5. The largest absolute Gasteiger partial charge is 0.480 e. The van der Waals surface area contributed by atoms with Gasteiger partial charge in [-0.05, 0) is 0 Å². The topological polar surface area (TPSA) is 95.9 Å². The van der Waals surface area contributed by atoms with Crippen molar-refractivity contribution in [3.05, 3.63) is 0 Å². The zero-order chi connectivity index (χ0) is 13.4. The molecule has 0 atom stereocenters. The normalized spacial score (nSPS) is 15.2. The predicted octanol–water partition coefficient (Wildman–Crippen LogP) is -1.22. The van der Waals surface area contributed by atoms with Gasteiger partial charge >= 0.3 is 5.97 Å². The summed E-state index contributed by atoms with van der Waals surface area (Å²) in [6.07, 6.45) is 0. The Morgan fingerprint density at radius 2 is 1.89 bits per heavy atom. The number of carbonyl (C=O) groups excluding carboxylic acids is 2. The first-order valence-corrected chi connectivity index (χ1v) is 6.67. The second kappa shape index (κ2) is 7.93. The highest BCUT2D eigenvalue weighted by atomic mass is 32.2. The van der Waals surface area contributed by atoms with Crippen LogP contribution in [0.25, 0.3) is 0 Å². The van der Waals surface area contributed by atoms with Crippen LogP contribution in [0.5, 0.6) is 0 Å². The number of carboxylic acids is 1. The summed E-state index contributed by atoms with van der Waals surface area (Å²) in [6.45, 7) is 1.89. The lowest BCUT2D eigenvalue weighted by Crippen LogP contribution is -2.41. The van der Waals surface area contributed by atoms with Crippen molar-refractivity contribution in [2.45, 2.75) is 0 Å². The van der Waals surface area contributed by atoms with E-state index in [0.717, 1.165) is 0 Å². The molecule has 0 aliphatic carbocycles. The minimum absolute atomic E-state index is 0.0191. The highest BCUT2D eigenvalue weighted by molar-refractivity contribution is 8.00. The molecule has 1 heterocycles. The van der Waals surface area contributed by atoms with Crippen LogP contribution in [0.4, 0.5) is 0 Å². The van der Waals surface area contributed by atoms with E-state index < -0.39 is 12.5 Å². The van der Waals surface area contributed by atoms with Gasteiger partial charge in [-0.1, -0.05) is 0 Å². The second-order valence-corrected chi connectivity index (χ2v) is 4.64. The number of amides is 2. The quantitative estimate of drug-likeness (QED) is 0.631. The van der Waals surface area contributed by atoms with Crippen LogP contribution in [0.2, 0.25) is 0 Å². The molecule has 2 N–H and O–H groups in total. The molecular formula is C10H16N2O5S. The third-order valence-electron chi connectivity index (χ3n) is 2.26. The third-order valence-corrected chi connectivity index (χ3v) is 3.18. The zero-order valence-corrected chi connectivity index (χ0v) is 10.7. The fourth-order valence-electron chi connectivity index (χ4n) is 1.36. The number of carboxylic acid groups (broad SMARTS) is 1. The lowest BCUT2D eigenvalue weighted by Gasteiger charge is -2.26. The maximum Gasteiger partial charge on any atom is 0.322 e. The molecule has 0 radical (unpaired) electrons. The monoisotopic (exact) mass is 276 g/mol. The molecule has 0 saturated carbocycles. The molecule has 1 aliphatic heterocycles. The lowest BCUT2D eigenvalue weighted by molar-refractivity contribution is -0.137. The molecule has 8 heteroatoms. The molecule has 7 nitrogen and oxygen atoms in total. The molecule has 18 heavy (non-hydrogen) atoms. The van der Waals surface area contributed by atoms with Crippen molar-refractivity contribution in [2.75, 3.05) is 44.4 Å². The predicted molar refractivity (Wildman–Crippen MR) is 65.4 cm³/mol. The molecule has 0 aromatic rings. The maximum atomic E-state index is 11.7. The second-order valence-electron chi connectivity index (χ2n) is 3.66. The first-order valence-electron chi connectivity index (χ1n) is 5.51. The van der Waals surface area contributed by atoms with E-state index in [9.17, 15) is 14.4 Å². The summed E-state index contributed by atoms with van der Waals surface area (Å²) in [7, 11) is 0. The number of carbonyl (C=O) groups is 3. The van der Waals surface area contributed by atoms with Crippen LogP contribution in [-0.2, 0) is 19.1 Å². The smallest absolute Gasteiger partial charge is 0.322 e. The van der Waals surface area contributed by atoms with Gasteiger partial charge in [0.05, 0.1) is 24.7 Å². The average molecular weight is 276 g/mol. The van der Waals surface area contributed by atoms with Crippen molar-refractivity contribution in [3.63, 3.8) is 0 Å². The molecule has 1 aliphatic rings. The van der Waals surface area contributed by atoms with Gasteiger partial charge in [-0.15, -0.1) is 11.8 Å². The van der Waals surface area contributed by atoms with Crippen LogP contribution in [0.15, 0.2) is 0 Å². The van der Waals surface area contributed by atoms with Gasteiger partial charge in [0.25, 0.3) is 0 Å². The van der Waals surface area contributed by atoms with Crippen molar-refractivity contribution in [1.29, 1.82) is 0 Å². The number of nitrogens with zero attached hydrogens (tertiary/aromatic N) is 1. The van der Waals surface area contributed by atoms with Gasteiger partial charge in [-0.25, -0.2) is 0 Å². The minimum Gasteiger partial charge on any atom is -0.480 e. The summed E-state index contributed by atoms with van der Waals surface area (Å²) in [4.78, 5) is 34.7. The van der Waals surface area contributed by atoms with Crippen LogP contribution in [0, 0.1) is 0 Å². The molecule has 2 amide bonds. The molecule has 0 unspecified atom stereocenters. The SMILES string of the molecule is O=C(O)CNC(=O)CSCC(=O)N1CCOCC1. The van der Waals surface area contributed by atoms with E-state index in [0.29, 0.717) is 26.3 Å². The number of aliphatic carboxylic acids is 1. The number of thioether (sulfide) groups is 1. The summed E-state index contributed by atoms with van der Waals surface area (Å²) in [5.74, 6) is -1.17. The molecule has 1 fully saturated rings. The van der Waals surface area contributed by atoms with Gasteiger partial charge in [-0.2, -0.15) is 0 Å². The third kappa shape index (κ3) is 5.87. The van der Waals surface area contributed by atoms with Crippen LogP contribution < -0.4 is 5.32 Å². The molecule has 102 valence electrons. The number of nitrogens with one attached hydrogen (secondary N) is 1. The fraction of sp³-hybridized carbons (Fsp3) is 0.700. The van der Waals surface area contributed by atoms with Crippen molar-refractivity contribution < 1.29 is 24.2 Å². The summed E-state index contributed by atoms with van der Waals surface area (Å²) >= 11 is 1.18. The van der Waals surface area contributed by atoms with Gasteiger partial charge in [0.2, 0.25) is 11.8 Å². The average Bonchev–Trinajstić information content (AvgIpc) is 2.37. The van der Waals surface area contributed by atoms with Gasteiger partial charge in [-0.3, -0.25) is 14.4 Å². The number of morpholine rings is 1. The molecule has 0 bridgehead atoms. The first kappa shape index (κ1) is 14.8. The van der Waals surface area contributed by atoms with Gasteiger partial charge in [0.1, 0.15) is 6.54 Å². The van der Waals surface area contributed by atoms with Gasteiger partial charge in [0, 0.05) is 13.1 Å². The lowest BCUT2D eigenvalue weighted by atomic mass is 10.4. The molecule has 1 rings (SSSR count). The van der Waals surface area contributed by atoms with E-state index in [1.165, 1.54) is 11.8 Å². The van der Waals surface area contributed by atoms with E-state index in [2.05, 4.69) is 5.32 Å². The Morgan fingerprint density at radius 3 is 2.50 bits per heavy atom. The van der Waals surface area contributed by atoms with Crippen LogP contribution >= 0.6 is 11.8 Å². The summed E-state index contributed by atoms with van der Waals surface area (Å²) in [5, 5.41) is 10.6. The Hall–Kier alpha value is -1.28. The maximum absolute atomic E-state index is 11.7. The number of rotatable bonds is 6. The first-order chi connectivity index (χ1) is 8.59. The Morgan fingerprint density at radius 1 is 1.22 bits per heavy atom. The van der Waals surface area contributed by atoms with E-state index in [1.54, 1.807) is 4.90 Å². The fourth-order valence-corrected chi connectivity index (χ4v) is 2.11. The molecule has 0 aromatic heterocycles. The van der Waals surface area contributed by atoms with Gasteiger partial charge < -0.3 is 20.1 Å². The van der Waals surface area contributed by atoms with E-state index >= 15 is 0 Å². The molecule has 1 saturated heterocycles. The zero-order valence-electron chi connectivity index (χ0n) is 9.89. The highest BCUT2D eigenvalue weighted by Gasteiger charge is 2.16. The van der Waals surface area contributed by atoms with Crippen LogP contribution in [-0.4, -0.2) is 72.1 Å². The van der Waals surface area contributed by atoms with E-state index in [4.69, 9.17) is 9.84 Å². The van der Waals surface area contributed by atoms with Crippen molar-refractivity contribution in [3.8, 4) is 0 Å². The van der Waals surface area contributed by atoms with Crippen LogP contribution in [0.1, 0.15) is 0 Å². The molecular weight excluding hydrogens is 260 g/mol. The summed E-state index contributed by atoms with van der Waals surface area (Å²) in [5.41, 5.74) is 0. The number of ether oxygens (including phenoxy) is 1. The molecule has 0 spiro atoms. The summed E-state index contributed by atoms with van der Waals surface area (Å²) < 4.78 is 5.13. The van der Waals surface area contributed by atoms with Crippen molar-refractivity contribution in [1.82, 2.24) is 10.2 Å². The summed E-state index contributed by atoms with van der Waals surface area (Å²) in [6, 6.07) is 0.